The molecule has 0 spiro atoms. The van der Waals surface area contributed by atoms with Crippen LogP contribution in [0.4, 0.5) is 5.69 Å². The quantitative estimate of drug-likeness (QED) is 0.639. The summed E-state index contributed by atoms with van der Waals surface area (Å²) in [6.45, 7) is 4.68. The predicted octanol–water partition coefficient (Wildman–Crippen LogP) is 4.83. The largest absolute Gasteiger partial charge is 0.320 e. The first-order valence-corrected chi connectivity index (χ1v) is 9.80. The van der Waals surface area contributed by atoms with Crippen LogP contribution in [0.15, 0.2) is 50.5 Å². The van der Waals surface area contributed by atoms with Crippen LogP contribution in [0.3, 0.4) is 0 Å². The van der Waals surface area contributed by atoms with Gasteiger partial charge in [0.2, 0.25) is 4.73 Å². The average molecular weight is 423 g/mol. The summed E-state index contributed by atoms with van der Waals surface area (Å²) in [5, 5.41) is 9.98. The first kappa shape index (κ1) is 17.2. The fourth-order valence-electron chi connectivity index (χ4n) is 2.12. The highest BCUT2D eigenvalue weighted by atomic mass is 79.9. The molecule has 5 nitrogen and oxygen atoms in total. The molecule has 0 atom stereocenters. The summed E-state index contributed by atoms with van der Waals surface area (Å²) >= 11 is 6.23. The van der Waals surface area contributed by atoms with Gasteiger partial charge in [0, 0.05) is 11.4 Å². The van der Waals surface area contributed by atoms with Crippen molar-refractivity contribution in [2.45, 2.75) is 30.4 Å². The number of rotatable bonds is 5. The summed E-state index contributed by atoms with van der Waals surface area (Å²) in [5.41, 5.74) is 1.75. The van der Waals surface area contributed by atoms with Gasteiger partial charge in [0.05, 0.1) is 10.6 Å². The van der Waals surface area contributed by atoms with Crippen molar-refractivity contribution >= 4 is 50.6 Å². The standard InChI is InChI=1S/C16H15BrN4OS2/c1-3-21-16(19-15(17)20-21)24-12-7-5-4-6-11(12)18-14(22)13-10(2)8-9-23-13/h4-9H,3H2,1-2H3,(H,18,22). The van der Waals surface area contributed by atoms with E-state index in [1.165, 1.54) is 23.1 Å². The van der Waals surface area contributed by atoms with Crippen LogP contribution in [-0.4, -0.2) is 20.7 Å². The molecular formula is C16H15BrN4OS2. The highest BCUT2D eigenvalue weighted by Gasteiger charge is 2.15. The van der Waals surface area contributed by atoms with E-state index >= 15 is 0 Å². The van der Waals surface area contributed by atoms with Gasteiger partial charge in [-0.25, -0.2) is 4.68 Å². The van der Waals surface area contributed by atoms with Gasteiger partial charge in [-0.2, -0.15) is 4.98 Å². The van der Waals surface area contributed by atoms with Crippen molar-refractivity contribution in [1.82, 2.24) is 14.8 Å². The molecule has 0 saturated heterocycles. The molecule has 124 valence electrons. The lowest BCUT2D eigenvalue weighted by Crippen LogP contribution is -2.12. The molecule has 0 aliphatic rings. The van der Waals surface area contributed by atoms with Crippen molar-refractivity contribution < 1.29 is 4.79 Å². The first-order chi connectivity index (χ1) is 11.6. The van der Waals surface area contributed by atoms with Crippen LogP contribution >= 0.6 is 39.0 Å². The smallest absolute Gasteiger partial charge is 0.266 e. The number of carbonyl (C=O) groups excluding carboxylic acids is 1. The third kappa shape index (κ3) is 3.71. The summed E-state index contributed by atoms with van der Waals surface area (Å²) in [6, 6.07) is 9.65. The summed E-state index contributed by atoms with van der Waals surface area (Å²) in [7, 11) is 0. The normalized spacial score (nSPS) is 10.8. The molecule has 0 unspecified atom stereocenters. The molecule has 8 heteroatoms. The maximum Gasteiger partial charge on any atom is 0.266 e. The van der Waals surface area contributed by atoms with E-state index in [4.69, 9.17) is 0 Å². The molecule has 3 rings (SSSR count). The summed E-state index contributed by atoms with van der Waals surface area (Å²) in [5.74, 6) is -0.0892. The number of nitrogens with zero attached hydrogens (tertiary/aromatic N) is 3. The second-order valence-corrected chi connectivity index (χ2v) is 7.60. The Balaban J connectivity index is 1.85. The number of para-hydroxylation sites is 1. The SMILES string of the molecule is CCn1nc(Br)nc1Sc1ccccc1NC(=O)c1sccc1C. The number of carbonyl (C=O) groups is 1. The van der Waals surface area contributed by atoms with E-state index in [9.17, 15) is 4.79 Å². The van der Waals surface area contributed by atoms with Crippen LogP contribution in [0.25, 0.3) is 0 Å². The molecule has 1 aromatic carbocycles. The molecule has 0 fully saturated rings. The van der Waals surface area contributed by atoms with Crippen LogP contribution in [0, 0.1) is 6.92 Å². The maximum absolute atomic E-state index is 12.5. The van der Waals surface area contributed by atoms with Crippen LogP contribution in [0.1, 0.15) is 22.2 Å². The van der Waals surface area contributed by atoms with E-state index in [1.54, 1.807) is 0 Å². The topological polar surface area (TPSA) is 59.8 Å². The first-order valence-electron chi connectivity index (χ1n) is 7.31. The van der Waals surface area contributed by atoms with Gasteiger partial charge >= 0.3 is 0 Å². The van der Waals surface area contributed by atoms with Gasteiger partial charge < -0.3 is 5.32 Å². The zero-order chi connectivity index (χ0) is 17.1. The molecule has 0 aliphatic carbocycles. The number of anilines is 1. The number of aromatic nitrogens is 3. The van der Waals surface area contributed by atoms with Gasteiger partial charge in [-0.15, -0.1) is 16.4 Å². The maximum atomic E-state index is 12.5. The molecule has 2 heterocycles. The Morgan fingerprint density at radius 1 is 1.38 bits per heavy atom. The molecule has 2 aromatic heterocycles. The highest BCUT2D eigenvalue weighted by molar-refractivity contribution is 9.10. The number of benzene rings is 1. The van der Waals surface area contributed by atoms with Gasteiger partial charge in [-0.05, 0) is 70.7 Å². The Kier molecular flexibility index (Phi) is 5.37. The Labute approximate surface area is 156 Å². The van der Waals surface area contributed by atoms with Gasteiger partial charge in [0.15, 0.2) is 5.16 Å². The molecule has 0 aliphatic heterocycles. The van der Waals surface area contributed by atoms with Gasteiger partial charge in [0.25, 0.3) is 5.91 Å². The van der Waals surface area contributed by atoms with E-state index in [-0.39, 0.29) is 5.91 Å². The van der Waals surface area contributed by atoms with Crippen LogP contribution in [-0.2, 0) is 6.54 Å². The number of aryl methyl sites for hydroxylation is 2. The molecule has 0 saturated carbocycles. The van der Waals surface area contributed by atoms with Crippen LogP contribution < -0.4 is 5.32 Å². The lowest BCUT2D eigenvalue weighted by atomic mass is 10.2. The third-order valence-corrected chi connectivity index (χ3v) is 5.73. The molecule has 0 radical (unpaired) electrons. The van der Waals surface area contributed by atoms with E-state index in [0.29, 0.717) is 4.73 Å². The van der Waals surface area contributed by atoms with E-state index in [2.05, 4.69) is 31.3 Å². The third-order valence-electron chi connectivity index (χ3n) is 3.32. The highest BCUT2D eigenvalue weighted by Crippen LogP contribution is 2.33. The summed E-state index contributed by atoms with van der Waals surface area (Å²) in [6.07, 6.45) is 0. The lowest BCUT2D eigenvalue weighted by Gasteiger charge is -2.10. The lowest BCUT2D eigenvalue weighted by molar-refractivity contribution is 0.103. The van der Waals surface area contributed by atoms with E-state index < -0.39 is 0 Å². The minimum absolute atomic E-state index is 0.0892. The molecule has 1 amide bonds. The number of hydrogen-bond acceptors (Lipinski definition) is 5. The van der Waals surface area contributed by atoms with Crippen molar-refractivity contribution in [1.29, 1.82) is 0 Å². The summed E-state index contributed by atoms with van der Waals surface area (Å²) in [4.78, 5) is 18.5. The fraction of sp³-hybridized carbons (Fsp3) is 0.188. The molecular weight excluding hydrogens is 408 g/mol. The zero-order valence-electron chi connectivity index (χ0n) is 13.1. The molecule has 1 N–H and O–H groups in total. The van der Waals surface area contributed by atoms with Gasteiger partial charge in [-0.1, -0.05) is 12.1 Å². The van der Waals surface area contributed by atoms with Crippen LogP contribution in [0.2, 0.25) is 0 Å². The molecule has 24 heavy (non-hydrogen) atoms. The van der Waals surface area contributed by atoms with Crippen molar-refractivity contribution in [2.75, 3.05) is 5.32 Å². The monoisotopic (exact) mass is 422 g/mol. The van der Waals surface area contributed by atoms with Gasteiger partial charge in [-0.3, -0.25) is 4.79 Å². The number of thiophene rings is 1. The van der Waals surface area contributed by atoms with Gasteiger partial charge in [0.1, 0.15) is 0 Å². The number of nitrogens with one attached hydrogen (secondary N) is 1. The number of hydrogen-bond donors (Lipinski definition) is 1. The number of halogens is 1. The second kappa shape index (κ2) is 7.50. The van der Waals surface area contributed by atoms with Crippen molar-refractivity contribution in [3.8, 4) is 0 Å². The summed E-state index contributed by atoms with van der Waals surface area (Å²) < 4.78 is 2.37. The fourth-order valence-corrected chi connectivity index (χ4v) is 4.40. The Bertz CT molecular complexity index is 875. The average Bonchev–Trinajstić information content (AvgIpc) is 3.14. The second-order valence-electron chi connectivity index (χ2n) is 4.96. The van der Waals surface area contributed by atoms with Crippen LogP contribution in [0.5, 0.6) is 0 Å². The zero-order valence-corrected chi connectivity index (χ0v) is 16.3. The Morgan fingerprint density at radius 2 is 2.17 bits per heavy atom. The molecule has 3 aromatic rings. The minimum atomic E-state index is -0.0892. The van der Waals surface area contributed by atoms with E-state index in [0.717, 1.165) is 32.7 Å². The Morgan fingerprint density at radius 3 is 2.88 bits per heavy atom. The Hall–Kier alpha value is -1.64. The van der Waals surface area contributed by atoms with Crippen molar-refractivity contribution in [3.05, 3.63) is 50.9 Å². The molecule has 0 bridgehead atoms. The minimum Gasteiger partial charge on any atom is -0.320 e. The van der Waals surface area contributed by atoms with E-state index in [1.807, 2.05) is 54.2 Å². The number of amides is 1. The predicted molar refractivity (Wildman–Crippen MR) is 101 cm³/mol. The van der Waals surface area contributed by atoms with Crippen molar-refractivity contribution in [3.63, 3.8) is 0 Å². The van der Waals surface area contributed by atoms with Crippen molar-refractivity contribution in [2.24, 2.45) is 0 Å².